The zero-order valence-electron chi connectivity index (χ0n) is 13.2. The van der Waals surface area contributed by atoms with Gasteiger partial charge in [0.1, 0.15) is 0 Å². The maximum atomic E-state index is 5.59. The Hall–Kier alpha value is -0.900. The molecule has 0 spiro atoms. The molecule has 3 nitrogen and oxygen atoms in total. The highest BCUT2D eigenvalue weighted by molar-refractivity contribution is 5.26. The van der Waals surface area contributed by atoms with Crippen LogP contribution >= 0.6 is 0 Å². The van der Waals surface area contributed by atoms with Crippen molar-refractivity contribution in [3.05, 3.63) is 35.9 Å². The predicted octanol–water partition coefficient (Wildman–Crippen LogP) is 3.00. The van der Waals surface area contributed by atoms with E-state index in [-0.39, 0.29) is 5.41 Å². The number of nitrogens with one attached hydrogen (secondary N) is 1. The second-order valence-corrected chi connectivity index (χ2v) is 5.12. The molecule has 0 bridgehead atoms. The third-order valence-corrected chi connectivity index (χ3v) is 3.94. The quantitative estimate of drug-likeness (QED) is 0.632. The van der Waals surface area contributed by atoms with E-state index >= 15 is 0 Å². The summed E-state index contributed by atoms with van der Waals surface area (Å²) in [7, 11) is 1.74. The highest BCUT2D eigenvalue weighted by Crippen LogP contribution is 2.31. The number of methoxy groups -OCH3 is 1. The van der Waals surface area contributed by atoms with Crippen molar-refractivity contribution >= 4 is 0 Å². The average Bonchev–Trinajstić information content (AvgIpc) is 2.51. The lowest BCUT2D eigenvalue weighted by Crippen LogP contribution is -2.40. The average molecular weight is 279 g/mol. The van der Waals surface area contributed by atoms with E-state index in [0.717, 1.165) is 45.8 Å². The maximum absolute atomic E-state index is 5.59. The Morgan fingerprint density at radius 1 is 1.10 bits per heavy atom. The van der Waals surface area contributed by atoms with Crippen molar-refractivity contribution in [3.8, 4) is 0 Å². The Bertz CT molecular complexity index is 342. The van der Waals surface area contributed by atoms with E-state index < -0.39 is 0 Å². The normalized spacial score (nSPS) is 14.2. The largest absolute Gasteiger partial charge is 0.383 e. The minimum Gasteiger partial charge on any atom is -0.383 e. The molecule has 0 amide bonds. The molecule has 0 aliphatic rings. The van der Waals surface area contributed by atoms with Crippen LogP contribution in [0.4, 0.5) is 0 Å². The van der Waals surface area contributed by atoms with Gasteiger partial charge in [0.05, 0.1) is 6.61 Å². The van der Waals surface area contributed by atoms with Crippen LogP contribution in [0.15, 0.2) is 30.3 Å². The zero-order valence-corrected chi connectivity index (χ0v) is 13.2. The van der Waals surface area contributed by atoms with E-state index in [1.54, 1.807) is 7.11 Å². The summed E-state index contributed by atoms with van der Waals surface area (Å²) in [4.78, 5) is 0. The fraction of sp³-hybridized carbons (Fsp3) is 0.647. The van der Waals surface area contributed by atoms with Gasteiger partial charge in [-0.3, -0.25) is 0 Å². The van der Waals surface area contributed by atoms with Crippen molar-refractivity contribution in [1.82, 2.24) is 5.32 Å². The van der Waals surface area contributed by atoms with Gasteiger partial charge in [0.2, 0.25) is 0 Å². The van der Waals surface area contributed by atoms with Crippen molar-refractivity contribution in [3.63, 3.8) is 0 Å². The Labute approximate surface area is 123 Å². The van der Waals surface area contributed by atoms with Crippen LogP contribution in [-0.4, -0.2) is 40.0 Å². The highest BCUT2D eigenvalue weighted by atomic mass is 16.5. The molecular weight excluding hydrogens is 250 g/mol. The lowest BCUT2D eigenvalue weighted by atomic mass is 9.75. The van der Waals surface area contributed by atoms with Crippen molar-refractivity contribution in [2.75, 3.05) is 40.0 Å². The molecule has 1 aromatic rings. The van der Waals surface area contributed by atoms with E-state index in [9.17, 15) is 0 Å². The Kier molecular flexibility index (Phi) is 8.51. The Morgan fingerprint density at radius 3 is 2.45 bits per heavy atom. The summed E-state index contributed by atoms with van der Waals surface area (Å²) in [5.41, 5.74) is 1.54. The SMILES string of the molecule is CCOCCC(CC)(CNCCOC)c1ccccc1. The summed E-state index contributed by atoms with van der Waals surface area (Å²) in [6.07, 6.45) is 2.14. The lowest BCUT2D eigenvalue weighted by Gasteiger charge is -2.34. The monoisotopic (exact) mass is 279 g/mol. The van der Waals surface area contributed by atoms with Crippen LogP contribution in [0.3, 0.4) is 0 Å². The number of rotatable bonds is 11. The van der Waals surface area contributed by atoms with Crippen molar-refractivity contribution in [1.29, 1.82) is 0 Å². The first-order valence-electron chi connectivity index (χ1n) is 7.62. The molecule has 0 aromatic heterocycles. The first-order valence-corrected chi connectivity index (χ1v) is 7.62. The van der Waals surface area contributed by atoms with E-state index in [1.165, 1.54) is 5.56 Å². The summed E-state index contributed by atoms with van der Waals surface area (Å²) < 4.78 is 10.7. The molecule has 1 rings (SSSR count). The van der Waals surface area contributed by atoms with Gasteiger partial charge in [-0.05, 0) is 25.3 Å². The second kappa shape index (κ2) is 9.92. The van der Waals surface area contributed by atoms with Gasteiger partial charge in [0, 0.05) is 38.8 Å². The molecule has 0 heterocycles. The smallest absolute Gasteiger partial charge is 0.0587 e. The van der Waals surface area contributed by atoms with E-state index in [0.29, 0.717) is 0 Å². The van der Waals surface area contributed by atoms with Gasteiger partial charge in [0.25, 0.3) is 0 Å². The summed E-state index contributed by atoms with van der Waals surface area (Å²) in [5, 5.41) is 3.52. The first-order chi connectivity index (χ1) is 9.79. The molecule has 0 fully saturated rings. The maximum Gasteiger partial charge on any atom is 0.0587 e. The summed E-state index contributed by atoms with van der Waals surface area (Å²) in [6, 6.07) is 10.8. The van der Waals surface area contributed by atoms with Gasteiger partial charge < -0.3 is 14.8 Å². The standard InChI is InChI=1S/C17H29NO2/c1-4-17(11-13-20-5-2,15-18-12-14-19-3)16-9-7-6-8-10-16/h6-10,18H,4-5,11-15H2,1-3H3. The van der Waals surface area contributed by atoms with Crippen LogP contribution in [0, 0.1) is 0 Å². The highest BCUT2D eigenvalue weighted by Gasteiger charge is 2.29. The molecule has 3 heteroatoms. The van der Waals surface area contributed by atoms with Crippen LogP contribution in [0.5, 0.6) is 0 Å². The molecule has 0 saturated carbocycles. The number of benzene rings is 1. The topological polar surface area (TPSA) is 30.5 Å². The molecule has 20 heavy (non-hydrogen) atoms. The van der Waals surface area contributed by atoms with Gasteiger partial charge >= 0.3 is 0 Å². The molecule has 0 saturated heterocycles. The van der Waals surface area contributed by atoms with Gasteiger partial charge in [-0.25, -0.2) is 0 Å². The van der Waals surface area contributed by atoms with Gasteiger partial charge in [-0.1, -0.05) is 37.3 Å². The van der Waals surface area contributed by atoms with Crippen LogP contribution < -0.4 is 5.32 Å². The van der Waals surface area contributed by atoms with E-state index in [4.69, 9.17) is 9.47 Å². The Balaban J connectivity index is 2.74. The first kappa shape index (κ1) is 17.2. The molecule has 0 aliphatic carbocycles. The summed E-state index contributed by atoms with van der Waals surface area (Å²) >= 11 is 0. The number of hydrogen-bond donors (Lipinski definition) is 1. The van der Waals surface area contributed by atoms with Gasteiger partial charge in [-0.2, -0.15) is 0 Å². The van der Waals surface area contributed by atoms with Crippen LogP contribution in [-0.2, 0) is 14.9 Å². The fourth-order valence-electron chi connectivity index (χ4n) is 2.55. The molecule has 0 radical (unpaired) electrons. The molecule has 1 N–H and O–H groups in total. The zero-order chi connectivity index (χ0) is 14.7. The van der Waals surface area contributed by atoms with Crippen LogP contribution in [0.1, 0.15) is 32.3 Å². The molecule has 1 unspecified atom stereocenters. The van der Waals surface area contributed by atoms with Gasteiger partial charge in [0.15, 0.2) is 0 Å². The van der Waals surface area contributed by atoms with Crippen LogP contribution in [0.25, 0.3) is 0 Å². The molecule has 0 aliphatic heterocycles. The fourth-order valence-corrected chi connectivity index (χ4v) is 2.55. The molecular formula is C17H29NO2. The van der Waals surface area contributed by atoms with Crippen molar-refractivity contribution in [2.24, 2.45) is 0 Å². The minimum atomic E-state index is 0.143. The van der Waals surface area contributed by atoms with Crippen LogP contribution in [0.2, 0.25) is 0 Å². The van der Waals surface area contributed by atoms with E-state index in [1.807, 2.05) is 6.92 Å². The third kappa shape index (κ3) is 5.23. The number of ether oxygens (including phenoxy) is 2. The molecule has 114 valence electrons. The van der Waals surface area contributed by atoms with Gasteiger partial charge in [-0.15, -0.1) is 0 Å². The summed E-state index contributed by atoms with van der Waals surface area (Å²) in [5.74, 6) is 0. The predicted molar refractivity (Wildman–Crippen MR) is 84.3 cm³/mol. The van der Waals surface area contributed by atoms with Crippen molar-refractivity contribution < 1.29 is 9.47 Å². The van der Waals surface area contributed by atoms with Crippen molar-refractivity contribution in [2.45, 2.75) is 32.1 Å². The molecule has 1 aromatic carbocycles. The minimum absolute atomic E-state index is 0.143. The molecule has 1 atom stereocenters. The third-order valence-electron chi connectivity index (χ3n) is 3.94. The second-order valence-electron chi connectivity index (χ2n) is 5.12. The lowest BCUT2D eigenvalue weighted by molar-refractivity contribution is 0.121. The Morgan fingerprint density at radius 2 is 1.85 bits per heavy atom. The number of hydrogen-bond acceptors (Lipinski definition) is 3. The summed E-state index contributed by atoms with van der Waals surface area (Å²) in [6.45, 7) is 8.50. The van der Waals surface area contributed by atoms with E-state index in [2.05, 4.69) is 42.6 Å².